The molecule has 114 valence electrons. The quantitative estimate of drug-likeness (QED) is 0.891. The van der Waals surface area contributed by atoms with Crippen LogP contribution in [-0.4, -0.2) is 39.5 Å². The summed E-state index contributed by atoms with van der Waals surface area (Å²) in [5, 5.41) is 10.9. The number of hydrogen-bond acceptors (Lipinski definition) is 3. The number of benzene rings is 1. The van der Waals surface area contributed by atoms with E-state index in [1.165, 1.54) is 4.90 Å². The second kappa shape index (κ2) is 5.68. The highest BCUT2D eigenvalue weighted by Crippen LogP contribution is 2.28. The number of nitrogens with zero attached hydrogens (tertiary/aromatic N) is 2. The Morgan fingerprint density at radius 2 is 2.14 bits per heavy atom. The fraction of sp³-hybridized carbons (Fsp3) is 0.312. The molecule has 1 fully saturated rings. The Morgan fingerprint density at radius 1 is 1.36 bits per heavy atom. The SMILES string of the molecule is Cc1cc2c(Br)cccc2c(C(=O)N2CCCC2C(=O)O)n1. The molecule has 1 N–H and O–H groups in total. The lowest BCUT2D eigenvalue weighted by atomic mass is 10.1. The molecule has 0 saturated carbocycles. The van der Waals surface area contributed by atoms with Crippen LogP contribution in [0.25, 0.3) is 10.8 Å². The molecular weight excluding hydrogens is 348 g/mol. The number of carboxylic acid groups (broad SMARTS) is 1. The van der Waals surface area contributed by atoms with Gasteiger partial charge in [0.1, 0.15) is 11.7 Å². The molecule has 1 atom stereocenters. The number of amides is 1. The molecule has 0 radical (unpaired) electrons. The highest BCUT2D eigenvalue weighted by molar-refractivity contribution is 9.10. The summed E-state index contributed by atoms with van der Waals surface area (Å²) in [4.78, 5) is 29.9. The fourth-order valence-corrected chi connectivity index (χ4v) is 3.41. The van der Waals surface area contributed by atoms with Crippen molar-refractivity contribution in [2.75, 3.05) is 6.54 Å². The van der Waals surface area contributed by atoms with Crippen LogP contribution in [0.2, 0.25) is 0 Å². The van der Waals surface area contributed by atoms with Gasteiger partial charge in [0.15, 0.2) is 0 Å². The van der Waals surface area contributed by atoms with Crippen LogP contribution in [0.5, 0.6) is 0 Å². The third kappa shape index (κ3) is 2.47. The van der Waals surface area contributed by atoms with E-state index in [1.54, 1.807) is 0 Å². The molecule has 0 bridgehead atoms. The largest absolute Gasteiger partial charge is 0.480 e. The van der Waals surface area contributed by atoms with Gasteiger partial charge in [-0.2, -0.15) is 0 Å². The predicted molar refractivity (Wildman–Crippen MR) is 85.9 cm³/mol. The Morgan fingerprint density at radius 3 is 2.86 bits per heavy atom. The number of hydrogen-bond donors (Lipinski definition) is 1. The lowest BCUT2D eigenvalue weighted by Crippen LogP contribution is -2.40. The standard InChI is InChI=1S/C16H15BrN2O3/c1-9-8-11-10(4-2-5-12(11)17)14(18-9)15(20)19-7-3-6-13(19)16(21)22/h2,4-5,8,13H,3,6-7H2,1H3,(H,21,22). The van der Waals surface area contributed by atoms with Gasteiger partial charge in [0.2, 0.25) is 0 Å². The van der Waals surface area contributed by atoms with Gasteiger partial charge in [-0.25, -0.2) is 9.78 Å². The van der Waals surface area contributed by atoms with Crippen LogP contribution in [0.1, 0.15) is 29.0 Å². The van der Waals surface area contributed by atoms with Crippen LogP contribution in [0.4, 0.5) is 0 Å². The maximum atomic E-state index is 12.8. The Kier molecular flexibility index (Phi) is 3.87. The first-order valence-electron chi connectivity index (χ1n) is 7.08. The van der Waals surface area contributed by atoms with Gasteiger partial charge in [-0.05, 0) is 31.9 Å². The van der Waals surface area contributed by atoms with Crippen molar-refractivity contribution in [1.82, 2.24) is 9.88 Å². The minimum absolute atomic E-state index is 0.309. The van der Waals surface area contributed by atoms with Crippen molar-refractivity contribution in [3.8, 4) is 0 Å². The number of rotatable bonds is 2. The van der Waals surface area contributed by atoms with Crippen molar-refractivity contribution < 1.29 is 14.7 Å². The van der Waals surface area contributed by atoms with Crippen LogP contribution in [0.15, 0.2) is 28.7 Å². The van der Waals surface area contributed by atoms with Crippen LogP contribution in [0, 0.1) is 6.92 Å². The molecule has 2 aromatic rings. The summed E-state index contributed by atoms with van der Waals surface area (Å²) < 4.78 is 0.890. The number of aromatic nitrogens is 1. The van der Waals surface area contributed by atoms with Crippen molar-refractivity contribution in [3.05, 3.63) is 40.1 Å². The zero-order chi connectivity index (χ0) is 15.9. The second-order valence-corrected chi connectivity index (χ2v) is 6.30. The van der Waals surface area contributed by atoms with Gasteiger partial charge in [-0.1, -0.05) is 28.1 Å². The molecule has 1 aromatic heterocycles. The average molecular weight is 363 g/mol. The lowest BCUT2D eigenvalue weighted by Gasteiger charge is -2.22. The summed E-state index contributed by atoms with van der Waals surface area (Å²) in [6.07, 6.45) is 1.20. The van der Waals surface area contributed by atoms with Crippen molar-refractivity contribution >= 4 is 38.6 Å². The number of carboxylic acids is 1. The number of pyridine rings is 1. The molecule has 3 rings (SSSR count). The number of aliphatic carboxylic acids is 1. The molecule has 1 aromatic carbocycles. The van der Waals surface area contributed by atoms with Gasteiger partial charge in [0.25, 0.3) is 5.91 Å². The summed E-state index contributed by atoms with van der Waals surface area (Å²) in [6.45, 7) is 2.29. The first kappa shape index (κ1) is 15.0. The smallest absolute Gasteiger partial charge is 0.326 e. The molecule has 1 aliphatic heterocycles. The summed E-state index contributed by atoms with van der Waals surface area (Å²) in [5.74, 6) is -1.26. The van der Waals surface area contributed by atoms with Gasteiger partial charge in [0.05, 0.1) is 0 Å². The minimum Gasteiger partial charge on any atom is -0.480 e. The number of aryl methyl sites for hydroxylation is 1. The number of fused-ring (bicyclic) bond motifs is 1. The van der Waals surface area contributed by atoms with Gasteiger partial charge in [-0.15, -0.1) is 0 Å². The number of carbonyl (C=O) groups is 2. The zero-order valence-corrected chi connectivity index (χ0v) is 13.6. The van der Waals surface area contributed by atoms with Crippen LogP contribution < -0.4 is 0 Å². The third-order valence-corrected chi connectivity index (χ3v) is 4.64. The molecule has 1 saturated heterocycles. The maximum Gasteiger partial charge on any atom is 0.326 e. The van der Waals surface area contributed by atoms with E-state index in [4.69, 9.17) is 0 Å². The molecule has 2 heterocycles. The molecular formula is C16H15BrN2O3. The Balaban J connectivity index is 2.12. The van der Waals surface area contributed by atoms with E-state index in [0.29, 0.717) is 25.1 Å². The van der Waals surface area contributed by atoms with Crippen LogP contribution in [-0.2, 0) is 4.79 Å². The molecule has 1 amide bonds. The topological polar surface area (TPSA) is 70.5 Å². The third-order valence-electron chi connectivity index (χ3n) is 3.95. The molecule has 0 spiro atoms. The second-order valence-electron chi connectivity index (χ2n) is 5.44. The number of likely N-dealkylation sites (tertiary alicyclic amines) is 1. The van der Waals surface area contributed by atoms with Gasteiger partial charge < -0.3 is 10.0 Å². The van der Waals surface area contributed by atoms with E-state index in [1.807, 2.05) is 31.2 Å². The molecule has 5 nitrogen and oxygen atoms in total. The van der Waals surface area contributed by atoms with Gasteiger partial charge in [0, 0.05) is 27.5 Å². The zero-order valence-electron chi connectivity index (χ0n) is 12.0. The Bertz CT molecular complexity index is 775. The predicted octanol–water partition coefficient (Wildman–Crippen LogP) is 2.99. The Hall–Kier alpha value is -1.95. The molecule has 6 heteroatoms. The minimum atomic E-state index is -0.955. The van der Waals surface area contributed by atoms with E-state index < -0.39 is 12.0 Å². The van der Waals surface area contributed by atoms with Crippen LogP contribution >= 0.6 is 15.9 Å². The van der Waals surface area contributed by atoms with E-state index in [0.717, 1.165) is 20.9 Å². The van der Waals surface area contributed by atoms with Crippen molar-refractivity contribution in [1.29, 1.82) is 0 Å². The highest BCUT2D eigenvalue weighted by atomic mass is 79.9. The van der Waals surface area contributed by atoms with E-state index in [9.17, 15) is 14.7 Å². The normalized spacial score (nSPS) is 17.9. The summed E-state index contributed by atoms with van der Waals surface area (Å²) in [5.41, 5.74) is 1.05. The summed E-state index contributed by atoms with van der Waals surface area (Å²) in [6, 6.07) is 6.75. The van der Waals surface area contributed by atoms with Crippen molar-refractivity contribution in [2.24, 2.45) is 0 Å². The van der Waals surface area contributed by atoms with E-state index >= 15 is 0 Å². The first-order chi connectivity index (χ1) is 10.5. The van der Waals surface area contributed by atoms with Crippen molar-refractivity contribution in [2.45, 2.75) is 25.8 Å². The average Bonchev–Trinajstić information content (AvgIpc) is 2.96. The van der Waals surface area contributed by atoms with Gasteiger partial charge in [-0.3, -0.25) is 4.79 Å². The molecule has 22 heavy (non-hydrogen) atoms. The number of carbonyl (C=O) groups excluding carboxylic acids is 1. The van der Waals surface area contributed by atoms with Crippen molar-refractivity contribution in [3.63, 3.8) is 0 Å². The Labute approximate surface area is 136 Å². The van der Waals surface area contributed by atoms with Gasteiger partial charge >= 0.3 is 5.97 Å². The van der Waals surface area contributed by atoms with E-state index in [-0.39, 0.29) is 5.91 Å². The fourth-order valence-electron chi connectivity index (χ4n) is 2.93. The monoisotopic (exact) mass is 362 g/mol. The molecule has 1 aliphatic rings. The molecule has 1 unspecified atom stereocenters. The van der Waals surface area contributed by atoms with E-state index in [2.05, 4.69) is 20.9 Å². The molecule has 0 aliphatic carbocycles. The summed E-state index contributed by atoms with van der Waals surface area (Å²) >= 11 is 3.49. The first-order valence-corrected chi connectivity index (χ1v) is 7.88. The highest BCUT2D eigenvalue weighted by Gasteiger charge is 2.35. The lowest BCUT2D eigenvalue weighted by molar-refractivity contribution is -0.141. The van der Waals surface area contributed by atoms with Crippen LogP contribution in [0.3, 0.4) is 0 Å². The maximum absolute atomic E-state index is 12.8. The summed E-state index contributed by atoms with van der Waals surface area (Å²) in [7, 11) is 0. The number of halogens is 1.